The van der Waals surface area contributed by atoms with Gasteiger partial charge in [-0.05, 0) is 31.0 Å². The Morgan fingerprint density at radius 1 is 1.22 bits per heavy atom. The average molecular weight is 396 g/mol. The predicted molar refractivity (Wildman–Crippen MR) is 105 cm³/mol. The van der Waals surface area contributed by atoms with E-state index < -0.39 is 15.4 Å². The minimum atomic E-state index is -3.02. The van der Waals surface area contributed by atoms with Crippen molar-refractivity contribution in [2.24, 2.45) is 0 Å². The van der Waals surface area contributed by atoms with Crippen LogP contribution in [0.25, 0.3) is 0 Å². The molecule has 1 unspecified atom stereocenters. The summed E-state index contributed by atoms with van der Waals surface area (Å²) in [6.07, 6.45) is 0.495. The van der Waals surface area contributed by atoms with Gasteiger partial charge in [0.25, 0.3) is 0 Å². The Morgan fingerprint density at radius 3 is 2.56 bits per heavy atom. The number of carbonyl (C=O) groups excluding carboxylic acids is 1. The Bertz CT molecular complexity index is 775. The standard InChI is InChI=1S/C19H29N3O4S/c1-19(6-11-27(24,25)15-19)20-18(23)14-22-9-7-21(8-10-22)13-16-4-3-5-17(12-16)26-2/h3-5,12H,6-11,13-15H2,1-2H3,(H,20,23). The van der Waals surface area contributed by atoms with Gasteiger partial charge >= 0.3 is 0 Å². The second kappa shape index (κ2) is 8.16. The fourth-order valence-electron chi connectivity index (χ4n) is 3.82. The number of sulfone groups is 1. The summed E-state index contributed by atoms with van der Waals surface area (Å²) in [5.41, 5.74) is 0.598. The lowest BCUT2D eigenvalue weighted by molar-refractivity contribution is -0.124. The van der Waals surface area contributed by atoms with Gasteiger partial charge in [-0.3, -0.25) is 14.6 Å². The number of methoxy groups -OCH3 is 1. The van der Waals surface area contributed by atoms with Crippen LogP contribution in [-0.4, -0.2) is 81.0 Å². The van der Waals surface area contributed by atoms with Crippen molar-refractivity contribution in [2.75, 3.05) is 51.3 Å². The van der Waals surface area contributed by atoms with E-state index in [4.69, 9.17) is 4.74 Å². The third-order valence-corrected chi connectivity index (χ3v) is 7.22. The van der Waals surface area contributed by atoms with E-state index in [1.165, 1.54) is 5.56 Å². The second-order valence-corrected chi connectivity index (χ2v) is 10.0. The van der Waals surface area contributed by atoms with Crippen LogP contribution in [0.15, 0.2) is 24.3 Å². The first-order chi connectivity index (χ1) is 12.8. The van der Waals surface area contributed by atoms with Crippen molar-refractivity contribution in [1.82, 2.24) is 15.1 Å². The Hall–Kier alpha value is -1.64. The summed E-state index contributed by atoms with van der Waals surface area (Å²) in [6.45, 7) is 6.46. The van der Waals surface area contributed by atoms with Crippen LogP contribution in [0.1, 0.15) is 18.9 Å². The summed E-state index contributed by atoms with van der Waals surface area (Å²) >= 11 is 0. The van der Waals surface area contributed by atoms with Crippen LogP contribution in [0, 0.1) is 0 Å². The minimum absolute atomic E-state index is 0.0417. The van der Waals surface area contributed by atoms with Gasteiger partial charge in [0.15, 0.2) is 9.84 Å². The zero-order valence-corrected chi connectivity index (χ0v) is 16.9. The highest BCUT2D eigenvalue weighted by atomic mass is 32.2. The largest absolute Gasteiger partial charge is 0.497 e. The summed E-state index contributed by atoms with van der Waals surface area (Å²) in [5, 5.41) is 2.93. The van der Waals surface area contributed by atoms with Crippen molar-refractivity contribution in [2.45, 2.75) is 25.4 Å². The first kappa shape index (κ1) is 20.1. The second-order valence-electron chi connectivity index (χ2n) is 7.85. The average Bonchev–Trinajstić information content (AvgIpc) is 2.89. The number of benzene rings is 1. The molecule has 3 rings (SSSR count). The van der Waals surface area contributed by atoms with Gasteiger partial charge in [0.2, 0.25) is 5.91 Å². The molecule has 7 nitrogen and oxygen atoms in total. The Kier molecular flexibility index (Phi) is 6.08. The molecule has 2 heterocycles. The molecule has 2 aliphatic heterocycles. The van der Waals surface area contributed by atoms with E-state index in [0.717, 1.165) is 38.5 Å². The molecule has 0 spiro atoms. The summed E-state index contributed by atoms with van der Waals surface area (Å²) in [7, 11) is -1.35. The van der Waals surface area contributed by atoms with Gasteiger partial charge in [0, 0.05) is 32.7 Å². The maximum atomic E-state index is 12.4. The predicted octanol–water partition coefficient (Wildman–Crippen LogP) is 0.506. The molecule has 0 radical (unpaired) electrons. The molecular formula is C19H29N3O4S. The van der Waals surface area contributed by atoms with Crippen molar-refractivity contribution in [3.8, 4) is 5.75 Å². The van der Waals surface area contributed by atoms with Crippen LogP contribution in [0.5, 0.6) is 5.75 Å². The molecule has 0 aromatic heterocycles. The number of hydrogen-bond donors (Lipinski definition) is 1. The normalized spacial score (nSPS) is 26.0. The zero-order valence-electron chi connectivity index (χ0n) is 16.1. The van der Waals surface area contributed by atoms with Crippen LogP contribution in [-0.2, 0) is 21.2 Å². The Morgan fingerprint density at radius 2 is 1.93 bits per heavy atom. The summed E-state index contributed by atoms with van der Waals surface area (Å²) in [4.78, 5) is 16.8. The summed E-state index contributed by atoms with van der Waals surface area (Å²) in [5.74, 6) is 0.980. The van der Waals surface area contributed by atoms with E-state index in [1.54, 1.807) is 7.11 Å². The van der Waals surface area contributed by atoms with Gasteiger partial charge in [-0.25, -0.2) is 8.42 Å². The lowest BCUT2D eigenvalue weighted by atomic mass is 10.0. The van der Waals surface area contributed by atoms with E-state index in [2.05, 4.69) is 27.2 Å². The topological polar surface area (TPSA) is 79.0 Å². The quantitative estimate of drug-likeness (QED) is 0.756. The van der Waals surface area contributed by atoms with E-state index in [-0.39, 0.29) is 17.4 Å². The molecule has 2 fully saturated rings. The van der Waals surface area contributed by atoms with Crippen LogP contribution in [0.4, 0.5) is 0 Å². The maximum Gasteiger partial charge on any atom is 0.234 e. The maximum absolute atomic E-state index is 12.4. The molecule has 8 heteroatoms. The number of rotatable bonds is 6. The molecule has 0 saturated carbocycles. The highest BCUT2D eigenvalue weighted by Crippen LogP contribution is 2.22. The molecule has 2 saturated heterocycles. The monoisotopic (exact) mass is 395 g/mol. The van der Waals surface area contributed by atoms with Gasteiger partial charge in [0.1, 0.15) is 5.75 Å². The molecule has 1 amide bonds. The smallest absolute Gasteiger partial charge is 0.234 e. The van der Waals surface area contributed by atoms with Crippen LogP contribution < -0.4 is 10.1 Å². The molecule has 1 atom stereocenters. The first-order valence-corrected chi connectivity index (χ1v) is 11.2. The number of nitrogens with zero attached hydrogens (tertiary/aromatic N) is 2. The van der Waals surface area contributed by atoms with Gasteiger partial charge in [-0.1, -0.05) is 12.1 Å². The van der Waals surface area contributed by atoms with Gasteiger partial charge < -0.3 is 10.1 Å². The molecule has 27 heavy (non-hydrogen) atoms. The van der Waals surface area contributed by atoms with Crippen molar-refractivity contribution in [3.05, 3.63) is 29.8 Å². The van der Waals surface area contributed by atoms with E-state index in [1.807, 2.05) is 19.1 Å². The number of ether oxygens (including phenoxy) is 1. The molecule has 0 aliphatic carbocycles. The fourth-order valence-corrected chi connectivity index (χ4v) is 5.92. The third kappa shape index (κ3) is 5.67. The van der Waals surface area contributed by atoms with Crippen LogP contribution >= 0.6 is 0 Å². The lowest BCUT2D eigenvalue weighted by Gasteiger charge is -2.35. The van der Waals surface area contributed by atoms with Crippen LogP contribution in [0.2, 0.25) is 0 Å². The SMILES string of the molecule is COc1cccc(CN2CCN(CC(=O)NC3(C)CCS(=O)(=O)C3)CC2)c1. The fraction of sp³-hybridized carbons (Fsp3) is 0.632. The molecule has 2 aliphatic rings. The van der Waals surface area contributed by atoms with Crippen molar-refractivity contribution < 1.29 is 17.9 Å². The van der Waals surface area contributed by atoms with Gasteiger partial charge in [-0.2, -0.15) is 0 Å². The molecule has 1 aromatic carbocycles. The molecular weight excluding hydrogens is 366 g/mol. The number of carbonyl (C=O) groups is 1. The number of amides is 1. The summed E-state index contributed by atoms with van der Waals surface area (Å²) < 4.78 is 28.6. The molecule has 0 bridgehead atoms. The number of hydrogen-bond acceptors (Lipinski definition) is 6. The molecule has 1 aromatic rings. The summed E-state index contributed by atoms with van der Waals surface area (Å²) in [6, 6.07) is 8.09. The van der Waals surface area contributed by atoms with Crippen molar-refractivity contribution in [3.63, 3.8) is 0 Å². The highest BCUT2D eigenvalue weighted by molar-refractivity contribution is 7.91. The van der Waals surface area contributed by atoms with Crippen molar-refractivity contribution in [1.29, 1.82) is 0 Å². The van der Waals surface area contributed by atoms with Crippen LogP contribution in [0.3, 0.4) is 0 Å². The molecule has 1 N–H and O–H groups in total. The van der Waals surface area contributed by atoms with E-state index in [9.17, 15) is 13.2 Å². The number of piperazine rings is 1. The molecule has 150 valence electrons. The zero-order chi connectivity index (χ0) is 19.5. The van der Waals surface area contributed by atoms with Gasteiger partial charge in [-0.15, -0.1) is 0 Å². The van der Waals surface area contributed by atoms with E-state index >= 15 is 0 Å². The Balaban J connectivity index is 1.43. The number of nitrogens with one attached hydrogen (secondary N) is 1. The third-order valence-electron chi connectivity index (χ3n) is 5.32. The van der Waals surface area contributed by atoms with Gasteiger partial charge in [0.05, 0.1) is 30.7 Å². The minimum Gasteiger partial charge on any atom is -0.497 e. The first-order valence-electron chi connectivity index (χ1n) is 9.36. The highest BCUT2D eigenvalue weighted by Gasteiger charge is 2.39. The Labute approximate surface area is 161 Å². The van der Waals surface area contributed by atoms with Crippen molar-refractivity contribution >= 4 is 15.7 Å². The van der Waals surface area contributed by atoms with E-state index in [0.29, 0.717) is 13.0 Å². The lowest BCUT2D eigenvalue weighted by Crippen LogP contribution is -2.53.